The number of nitrogens with one attached hydrogen (secondary N) is 2. The molecule has 0 fully saturated rings. The molecule has 0 aromatic rings. The van der Waals surface area contributed by atoms with Gasteiger partial charge in [-0.3, -0.25) is 0 Å². The molecule has 0 radical (unpaired) electrons. The molecule has 0 bridgehead atoms. The van der Waals surface area contributed by atoms with E-state index in [0.717, 1.165) is 13.0 Å². The van der Waals surface area contributed by atoms with Gasteiger partial charge in [-0.15, -0.1) is 0 Å². The lowest BCUT2D eigenvalue weighted by Gasteiger charge is -2.23. The first kappa shape index (κ1) is 22.4. The molecule has 0 saturated carbocycles. The van der Waals surface area contributed by atoms with E-state index in [0.29, 0.717) is 13.1 Å². The summed E-state index contributed by atoms with van der Waals surface area (Å²) < 4.78 is 0. The van der Waals surface area contributed by atoms with Gasteiger partial charge in [0.15, 0.2) is 0 Å². The van der Waals surface area contributed by atoms with Crippen LogP contribution in [0.2, 0.25) is 0 Å². The molecule has 4 N–H and O–H groups in total. The number of hydrogen-bond acceptors (Lipinski definition) is 5. The molecule has 0 aliphatic rings. The predicted octanol–water partition coefficient (Wildman–Crippen LogP) is 3.28. The highest BCUT2D eigenvalue weighted by atomic mass is 16.7. The van der Waals surface area contributed by atoms with Crippen LogP contribution in [-0.2, 0) is 9.63 Å². The number of nitrogens with two attached hydrogens (primary N) is 1. The fourth-order valence-corrected chi connectivity index (χ4v) is 2.39. The molecule has 0 spiro atoms. The molecule has 138 valence electrons. The second kappa shape index (κ2) is 14.9. The molecule has 0 aliphatic carbocycles. The van der Waals surface area contributed by atoms with E-state index in [2.05, 4.69) is 17.7 Å². The summed E-state index contributed by atoms with van der Waals surface area (Å²) in [6.07, 6.45) is 13.2. The van der Waals surface area contributed by atoms with Gasteiger partial charge < -0.3 is 15.9 Å². The Kier molecular flexibility index (Phi) is 14.5. The molecule has 23 heavy (non-hydrogen) atoms. The zero-order valence-corrected chi connectivity index (χ0v) is 15.6. The fraction of sp³-hybridized carbons (Fsp3) is 0.944. The largest absolute Gasteiger partial charge is 0.369 e. The van der Waals surface area contributed by atoms with Gasteiger partial charge in [0.2, 0.25) is 0 Å². The van der Waals surface area contributed by atoms with E-state index in [4.69, 9.17) is 10.6 Å². The minimum Gasteiger partial charge on any atom is -0.369 e. The SMILES string of the molecule is CCCCCCCCCCCCNC(C)(C)C(=O)ONCCN. The number of hydroxylamine groups is 1. The highest BCUT2D eigenvalue weighted by Gasteiger charge is 2.28. The molecule has 0 atom stereocenters. The van der Waals surface area contributed by atoms with Crippen LogP contribution in [0.1, 0.15) is 85.0 Å². The van der Waals surface area contributed by atoms with E-state index in [9.17, 15) is 4.79 Å². The van der Waals surface area contributed by atoms with Gasteiger partial charge in [0, 0.05) is 13.1 Å². The van der Waals surface area contributed by atoms with Gasteiger partial charge in [-0.05, 0) is 26.8 Å². The fourth-order valence-electron chi connectivity index (χ4n) is 2.39. The number of rotatable bonds is 16. The maximum absolute atomic E-state index is 11.9. The summed E-state index contributed by atoms with van der Waals surface area (Å²) in [6.45, 7) is 7.70. The van der Waals surface area contributed by atoms with Crippen LogP contribution >= 0.6 is 0 Å². The number of unbranched alkanes of at least 4 members (excludes halogenated alkanes) is 9. The van der Waals surface area contributed by atoms with Gasteiger partial charge in [0.1, 0.15) is 5.54 Å². The van der Waals surface area contributed by atoms with E-state index in [1.54, 1.807) is 0 Å². The van der Waals surface area contributed by atoms with Crippen molar-refractivity contribution >= 4 is 5.97 Å². The summed E-state index contributed by atoms with van der Waals surface area (Å²) in [5.74, 6) is -0.293. The lowest BCUT2D eigenvalue weighted by atomic mass is 10.0. The molecule has 5 heteroatoms. The number of hydrogen-bond donors (Lipinski definition) is 3. The maximum Gasteiger partial charge on any atom is 0.344 e. The summed E-state index contributed by atoms with van der Waals surface area (Å²) in [5, 5.41) is 3.27. The number of carbonyl (C=O) groups excluding carboxylic acids is 1. The van der Waals surface area contributed by atoms with Crippen LogP contribution < -0.4 is 16.5 Å². The highest BCUT2D eigenvalue weighted by molar-refractivity contribution is 5.79. The van der Waals surface area contributed by atoms with Crippen molar-refractivity contribution in [1.82, 2.24) is 10.8 Å². The van der Waals surface area contributed by atoms with Crippen LogP contribution in [0.15, 0.2) is 0 Å². The van der Waals surface area contributed by atoms with Gasteiger partial charge in [-0.1, -0.05) is 64.7 Å². The summed E-state index contributed by atoms with van der Waals surface area (Å²) >= 11 is 0. The van der Waals surface area contributed by atoms with E-state index < -0.39 is 5.54 Å². The molecular weight excluding hydrogens is 290 g/mol. The van der Waals surface area contributed by atoms with E-state index in [1.807, 2.05) is 13.8 Å². The number of carbonyl (C=O) groups is 1. The third-order valence-electron chi connectivity index (χ3n) is 4.02. The minimum absolute atomic E-state index is 0.293. The molecule has 0 saturated heterocycles. The molecule has 0 aromatic heterocycles. The quantitative estimate of drug-likeness (QED) is 0.299. The normalized spacial score (nSPS) is 11.7. The third-order valence-corrected chi connectivity index (χ3v) is 4.02. The molecule has 0 heterocycles. The van der Waals surface area contributed by atoms with Crippen LogP contribution in [0.3, 0.4) is 0 Å². The molecular formula is C18H39N3O2. The highest BCUT2D eigenvalue weighted by Crippen LogP contribution is 2.11. The van der Waals surface area contributed by atoms with Crippen LogP contribution in [-0.4, -0.2) is 31.1 Å². The van der Waals surface area contributed by atoms with E-state index >= 15 is 0 Å². The predicted molar refractivity (Wildman–Crippen MR) is 97.1 cm³/mol. The van der Waals surface area contributed by atoms with Crippen molar-refractivity contribution in [3.63, 3.8) is 0 Å². The van der Waals surface area contributed by atoms with Crippen LogP contribution in [0.5, 0.6) is 0 Å². The van der Waals surface area contributed by atoms with E-state index in [-0.39, 0.29) is 5.97 Å². The molecule has 0 amide bonds. The van der Waals surface area contributed by atoms with Gasteiger partial charge in [-0.25, -0.2) is 4.79 Å². The van der Waals surface area contributed by atoms with Gasteiger partial charge in [0.05, 0.1) is 0 Å². The second-order valence-electron chi connectivity index (χ2n) is 6.81. The van der Waals surface area contributed by atoms with Crippen LogP contribution in [0.4, 0.5) is 0 Å². The van der Waals surface area contributed by atoms with Crippen molar-refractivity contribution in [3.8, 4) is 0 Å². The Morgan fingerprint density at radius 1 is 0.913 bits per heavy atom. The summed E-state index contributed by atoms with van der Waals surface area (Å²) in [5.41, 5.74) is 7.24. The topological polar surface area (TPSA) is 76.4 Å². The Balaban J connectivity index is 3.46. The Morgan fingerprint density at radius 2 is 1.43 bits per heavy atom. The molecule has 5 nitrogen and oxygen atoms in total. The Labute approximate surface area is 143 Å². The average Bonchev–Trinajstić information content (AvgIpc) is 2.52. The first-order valence-corrected chi connectivity index (χ1v) is 9.43. The molecule has 0 unspecified atom stereocenters. The Morgan fingerprint density at radius 3 is 1.96 bits per heavy atom. The van der Waals surface area contributed by atoms with Gasteiger partial charge in [-0.2, -0.15) is 5.48 Å². The summed E-state index contributed by atoms with van der Waals surface area (Å²) in [4.78, 5) is 16.8. The first-order valence-electron chi connectivity index (χ1n) is 9.43. The van der Waals surface area contributed by atoms with Crippen molar-refractivity contribution in [3.05, 3.63) is 0 Å². The Bertz CT molecular complexity index is 283. The average molecular weight is 330 g/mol. The zero-order valence-electron chi connectivity index (χ0n) is 15.6. The van der Waals surface area contributed by atoms with Crippen molar-refractivity contribution in [2.24, 2.45) is 5.73 Å². The van der Waals surface area contributed by atoms with Crippen molar-refractivity contribution < 1.29 is 9.63 Å². The smallest absolute Gasteiger partial charge is 0.344 e. The summed E-state index contributed by atoms with van der Waals surface area (Å²) in [7, 11) is 0. The molecule has 0 aromatic carbocycles. The van der Waals surface area contributed by atoms with Crippen LogP contribution in [0, 0.1) is 0 Å². The third kappa shape index (κ3) is 13.5. The second-order valence-corrected chi connectivity index (χ2v) is 6.81. The standard InChI is InChI=1S/C18H39N3O2/c1-4-5-6-7-8-9-10-11-12-13-15-20-18(2,3)17(22)23-21-16-14-19/h20-21H,4-16,19H2,1-3H3. The van der Waals surface area contributed by atoms with Gasteiger partial charge in [0.25, 0.3) is 0 Å². The van der Waals surface area contributed by atoms with Crippen molar-refractivity contribution in [1.29, 1.82) is 0 Å². The van der Waals surface area contributed by atoms with Crippen molar-refractivity contribution in [2.45, 2.75) is 90.5 Å². The minimum atomic E-state index is -0.666. The summed E-state index contributed by atoms with van der Waals surface area (Å²) in [6, 6.07) is 0. The first-order chi connectivity index (χ1) is 11.0. The lowest BCUT2D eigenvalue weighted by Crippen LogP contribution is -2.49. The van der Waals surface area contributed by atoms with Gasteiger partial charge >= 0.3 is 5.97 Å². The zero-order chi connectivity index (χ0) is 17.4. The van der Waals surface area contributed by atoms with Crippen molar-refractivity contribution in [2.75, 3.05) is 19.6 Å². The molecule has 0 aliphatic heterocycles. The van der Waals surface area contributed by atoms with E-state index in [1.165, 1.54) is 57.8 Å². The maximum atomic E-state index is 11.9. The van der Waals surface area contributed by atoms with Crippen LogP contribution in [0.25, 0.3) is 0 Å². The monoisotopic (exact) mass is 329 g/mol. The molecule has 0 rings (SSSR count). The lowest BCUT2D eigenvalue weighted by molar-refractivity contribution is -0.157. The Hall–Kier alpha value is -0.650.